The molecular weight excluding hydrogens is 230 g/mol. The van der Waals surface area contributed by atoms with E-state index in [-0.39, 0.29) is 12.6 Å². The number of ether oxygens (including phenoxy) is 1. The molecule has 2 N–H and O–H groups in total. The number of benzene rings is 1. The third-order valence-corrected chi connectivity index (χ3v) is 3.45. The van der Waals surface area contributed by atoms with Gasteiger partial charge >= 0.3 is 6.09 Å². The molecule has 2 rings (SSSR count). The molecule has 1 aliphatic carbocycles. The van der Waals surface area contributed by atoms with Crippen LogP contribution in [0.25, 0.3) is 0 Å². The second-order valence-electron chi connectivity index (χ2n) is 4.89. The third kappa shape index (κ3) is 3.23. The van der Waals surface area contributed by atoms with Crippen molar-refractivity contribution in [2.24, 2.45) is 0 Å². The Morgan fingerprint density at radius 2 is 2.11 bits per heavy atom. The molecule has 18 heavy (non-hydrogen) atoms. The minimum Gasteiger partial charge on any atom is -0.445 e. The van der Waals surface area contributed by atoms with Gasteiger partial charge in [-0.05, 0) is 24.8 Å². The number of carbonyl (C=O) groups is 1. The van der Waals surface area contributed by atoms with Gasteiger partial charge in [-0.25, -0.2) is 4.79 Å². The Balaban J connectivity index is 1.68. The fraction of sp³-hybridized carbons (Fsp3) is 0.500. The molecule has 0 aliphatic heterocycles. The van der Waals surface area contributed by atoms with Crippen LogP contribution in [0.1, 0.15) is 31.7 Å². The number of hydrogen-bond acceptors (Lipinski definition) is 3. The first-order valence-corrected chi connectivity index (χ1v) is 6.31. The second kappa shape index (κ2) is 5.40. The summed E-state index contributed by atoms with van der Waals surface area (Å²) in [6, 6.07) is 9.59. The van der Waals surface area contributed by atoms with Gasteiger partial charge in [0.25, 0.3) is 0 Å². The van der Waals surface area contributed by atoms with Gasteiger partial charge in [-0.3, -0.25) is 0 Å². The van der Waals surface area contributed by atoms with E-state index in [9.17, 15) is 9.90 Å². The van der Waals surface area contributed by atoms with Gasteiger partial charge in [-0.15, -0.1) is 0 Å². The maximum Gasteiger partial charge on any atom is 0.407 e. The molecule has 1 amide bonds. The van der Waals surface area contributed by atoms with Crippen molar-refractivity contribution in [1.29, 1.82) is 0 Å². The van der Waals surface area contributed by atoms with Crippen molar-refractivity contribution >= 4 is 6.09 Å². The van der Waals surface area contributed by atoms with E-state index in [2.05, 4.69) is 5.32 Å². The topological polar surface area (TPSA) is 58.6 Å². The third-order valence-electron chi connectivity index (χ3n) is 3.45. The number of aliphatic hydroxyl groups is 1. The van der Waals surface area contributed by atoms with Gasteiger partial charge in [-0.2, -0.15) is 0 Å². The Kier molecular flexibility index (Phi) is 3.87. The fourth-order valence-corrected chi connectivity index (χ4v) is 2.18. The van der Waals surface area contributed by atoms with Crippen LogP contribution in [-0.4, -0.2) is 22.8 Å². The van der Waals surface area contributed by atoms with Crippen molar-refractivity contribution in [3.05, 3.63) is 35.9 Å². The smallest absolute Gasteiger partial charge is 0.407 e. The van der Waals surface area contributed by atoms with E-state index in [0.29, 0.717) is 12.8 Å². The molecule has 1 saturated carbocycles. The maximum absolute atomic E-state index is 11.5. The van der Waals surface area contributed by atoms with Crippen molar-refractivity contribution in [3.63, 3.8) is 0 Å². The molecule has 1 aliphatic rings. The summed E-state index contributed by atoms with van der Waals surface area (Å²) in [5.41, 5.74) is 0.378. The Bertz CT molecular complexity index is 399. The molecule has 0 unspecified atom stereocenters. The Morgan fingerprint density at radius 1 is 1.44 bits per heavy atom. The predicted octanol–water partition coefficient (Wildman–Crippen LogP) is 2.22. The highest BCUT2D eigenvalue weighted by Gasteiger charge is 2.41. The average Bonchev–Trinajstić information content (AvgIpc) is 2.35. The van der Waals surface area contributed by atoms with Crippen LogP contribution < -0.4 is 5.32 Å². The van der Waals surface area contributed by atoms with Gasteiger partial charge in [0.2, 0.25) is 0 Å². The van der Waals surface area contributed by atoms with E-state index in [1.807, 2.05) is 37.3 Å². The van der Waals surface area contributed by atoms with Crippen LogP contribution in [0, 0.1) is 0 Å². The van der Waals surface area contributed by atoms with Crippen LogP contribution in [0.3, 0.4) is 0 Å². The number of carbonyl (C=O) groups excluding carboxylic acids is 1. The normalized spacial score (nSPS) is 26.2. The summed E-state index contributed by atoms with van der Waals surface area (Å²) in [4.78, 5) is 11.5. The van der Waals surface area contributed by atoms with Crippen molar-refractivity contribution < 1.29 is 14.6 Å². The minimum atomic E-state index is -0.586. The fourth-order valence-electron chi connectivity index (χ4n) is 2.18. The number of nitrogens with one attached hydrogen (secondary N) is 1. The molecule has 4 nitrogen and oxygen atoms in total. The summed E-state index contributed by atoms with van der Waals surface area (Å²) in [5, 5.41) is 12.6. The molecular formula is C14H19NO3. The predicted molar refractivity (Wildman–Crippen MR) is 68.0 cm³/mol. The molecule has 1 fully saturated rings. The quantitative estimate of drug-likeness (QED) is 0.860. The monoisotopic (exact) mass is 249 g/mol. The van der Waals surface area contributed by atoms with Crippen LogP contribution in [-0.2, 0) is 11.3 Å². The van der Waals surface area contributed by atoms with E-state index in [0.717, 1.165) is 12.0 Å². The van der Waals surface area contributed by atoms with E-state index in [1.54, 1.807) is 0 Å². The lowest BCUT2D eigenvalue weighted by Gasteiger charge is -2.43. The summed E-state index contributed by atoms with van der Waals surface area (Å²) >= 11 is 0. The Morgan fingerprint density at radius 3 is 2.72 bits per heavy atom. The zero-order chi connectivity index (χ0) is 13.0. The Hall–Kier alpha value is -1.55. The molecule has 0 saturated heterocycles. The van der Waals surface area contributed by atoms with E-state index in [4.69, 9.17) is 4.74 Å². The molecule has 4 heteroatoms. The first kappa shape index (κ1) is 12.9. The molecule has 98 valence electrons. The van der Waals surface area contributed by atoms with Crippen molar-refractivity contribution in [2.45, 2.75) is 44.4 Å². The summed E-state index contributed by atoms with van der Waals surface area (Å²) < 4.78 is 5.10. The highest BCUT2D eigenvalue weighted by Crippen LogP contribution is 2.34. The van der Waals surface area contributed by atoms with Crippen molar-refractivity contribution in [2.75, 3.05) is 0 Å². The molecule has 0 atom stereocenters. The molecule has 1 aromatic rings. The molecule has 0 heterocycles. The maximum atomic E-state index is 11.5. The highest BCUT2D eigenvalue weighted by atomic mass is 16.5. The molecule has 1 aromatic carbocycles. The van der Waals surface area contributed by atoms with Gasteiger partial charge in [0.1, 0.15) is 6.61 Å². The zero-order valence-electron chi connectivity index (χ0n) is 10.6. The van der Waals surface area contributed by atoms with Crippen LogP contribution in [0.4, 0.5) is 4.79 Å². The Labute approximate surface area is 107 Å². The molecule has 0 bridgehead atoms. The lowest BCUT2D eigenvalue weighted by Crippen LogP contribution is -2.54. The number of rotatable bonds is 4. The lowest BCUT2D eigenvalue weighted by atomic mass is 9.74. The minimum absolute atomic E-state index is 0.0400. The average molecular weight is 249 g/mol. The van der Waals surface area contributed by atoms with Gasteiger partial charge < -0.3 is 15.2 Å². The van der Waals surface area contributed by atoms with Gasteiger partial charge in [-0.1, -0.05) is 37.3 Å². The van der Waals surface area contributed by atoms with Crippen LogP contribution >= 0.6 is 0 Å². The van der Waals surface area contributed by atoms with Gasteiger partial charge in [0.15, 0.2) is 0 Å². The van der Waals surface area contributed by atoms with Crippen molar-refractivity contribution in [1.82, 2.24) is 5.32 Å². The first-order valence-electron chi connectivity index (χ1n) is 6.31. The van der Waals surface area contributed by atoms with E-state index < -0.39 is 11.7 Å². The number of hydrogen-bond donors (Lipinski definition) is 2. The lowest BCUT2D eigenvalue weighted by molar-refractivity contribution is -0.0574. The van der Waals surface area contributed by atoms with Gasteiger partial charge in [0, 0.05) is 6.04 Å². The SMILES string of the molecule is CCC1(O)CC(NC(=O)OCc2ccccc2)C1. The van der Waals surface area contributed by atoms with Crippen LogP contribution in [0.15, 0.2) is 30.3 Å². The first-order chi connectivity index (χ1) is 8.61. The summed E-state index contributed by atoms with van der Waals surface area (Å²) in [6.45, 7) is 2.22. The summed E-state index contributed by atoms with van der Waals surface area (Å²) in [5.74, 6) is 0. The van der Waals surface area contributed by atoms with Crippen molar-refractivity contribution in [3.8, 4) is 0 Å². The van der Waals surface area contributed by atoms with Gasteiger partial charge in [0.05, 0.1) is 5.60 Å². The molecule has 0 radical (unpaired) electrons. The highest BCUT2D eigenvalue weighted by molar-refractivity contribution is 5.67. The van der Waals surface area contributed by atoms with Crippen LogP contribution in [0.2, 0.25) is 0 Å². The molecule has 0 spiro atoms. The summed E-state index contributed by atoms with van der Waals surface area (Å²) in [6.07, 6.45) is 1.54. The number of alkyl carbamates (subject to hydrolysis) is 1. The van der Waals surface area contributed by atoms with E-state index in [1.165, 1.54) is 0 Å². The largest absolute Gasteiger partial charge is 0.445 e. The molecule has 0 aromatic heterocycles. The number of amides is 1. The van der Waals surface area contributed by atoms with E-state index >= 15 is 0 Å². The zero-order valence-corrected chi connectivity index (χ0v) is 10.6. The summed E-state index contributed by atoms with van der Waals surface area (Å²) in [7, 11) is 0. The standard InChI is InChI=1S/C14H19NO3/c1-2-14(17)8-12(9-14)15-13(16)18-10-11-6-4-3-5-7-11/h3-7,12,17H,2,8-10H2,1H3,(H,15,16). The van der Waals surface area contributed by atoms with Crippen LogP contribution in [0.5, 0.6) is 0 Å². The second-order valence-corrected chi connectivity index (χ2v) is 4.89.